The van der Waals surface area contributed by atoms with Gasteiger partial charge in [-0.25, -0.2) is 4.79 Å². The first-order valence-electron chi connectivity index (χ1n) is 9.79. The first-order valence-corrected chi connectivity index (χ1v) is 10.7. The fourth-order valence-electron chi connectivity index (χ4n) is 3.05. The van der Waals surface area contributed by atoms with Gasteiger partial charge >= 0.3 is 12.1 Å². The number of benzene rings is 1. The van der Waals surface area contributed by atoms with Crippen LogP contribution in [-0.4, -0.2) is 34.3 Å². The van der Waals surface area contributed by atoms with E-state index in [4.69, 9.17) is 0 Å². The summed E-state index contributed by atoms with van der Waals surface area (Å²) in [5, 5.41) is 10.4. The van der Waals surface area contributed by atoms with Crippen LogP contribution in [0.5, 0.6) is 0 Å². The van der Waals surface area contributed by atoms with Gasteiger partial charge in [-0.05, 0) is 42.9 Å². The number of carboxylic acids is 1. The Morgan fingerprint density at radius 2 is 1.97 bits per heavy atom. The molecule has 0 amide bonds. The van der Waals surface area contributed by atoms with Crippen LogP contribution < -0.4 is 0 Å². The molecule has 0 fully saturated rings. The van der Waals surface area contributed by atoms with E-state index in [9.17, 15) is 23.1 Å². The maximum Gasteiger partial charge on any atom is 0.416 e. The van der Waals surface area contributed by atoms with Gasteiger partial charge in [-0.2, -0.15) is 13.2 Å². The van der Waals surface area contributed by atoms with Crippen LogP contribution in [0, 0.1) is 5.92 Å². The average Bonchev–Trinajstić information content (AvgIpc) is 2.64. The monoisotopic (exact) mass is 427 g/mol. The summed E-state index contributed by atoms with van der Waals surface area (Å²) in [7, 11) is 0. The van der Waals surface area contributed by atoms with E-state index in [0.29, 0.717) is 30.9 Å². The van der Waals surface area contributed by atoms with Crippen LogP contribution in [0.4, 0.5) is 13.2 Å². The quantitative estimate of drug-likeness (QED) is 0.527. The van der Waals surface area contributed by atoms with Crippen molar-refractivity contribution >= 4 is 17.7 Å². The highest BCUT2D eigenvalue weighted by Gasteiger charge is 2.30. The number of thioether (sulfide) groups is 1. The lowest BCUT2D eigenvalue weighted by Crippen LogP contribution is -2.29. The van der Waals surface area contributed by atoms with E-state index in [1.807, 2.05) is 13.0 Å². The van der Waals surface area contributed by atoms with Gasteiger partial charge in [0, 0.05) is 18.3 Å². The van der Waals surface area contributed by atoms with Gasteiger partial charge in [-0.3, -0.25) is 0 Å². The van der Waals surface area contributed by atoms with Gasteiger partial charge in [-0.1, -0.05) is 45.0 Å². The van der Waals surface area contributed by atoms with Crippen LogP contribution in [0.1, 0.15) is 44.7 Å². The minimum absolute atomic E-state index is 0.0712. The molecular formula is C22H28F3NO2S. The van der Waals surface area contributed by atoms with Crippen molar-refractivity contribution in [1.29, 1.82) is 0 Å². The normalized spacial score (nSPS) is 15.9. The first kappa shape index (κ1) is 23.4. The summed E-state index contributed by atoms with van der Waals surface area (Å²) >= 11 is 1.50. The highest BCUT2D eigenvalue weighted by Crippen LogP contribution is 2.34. The molecule has 2 rings (SSSR count). The maximum absolute atomic E-state index is 12.9. The van der Waals surface area contributed by atoms with Gasteiger partial charge in [0.15, 0.2) is 0 Å². The molecule has 0 saturated carbocycles. The smallest absolute Gasteiger partial charge is 0.416 e. The second-order valence-corrected chi connectivity index (χ2v) is 9.15. The second-order valence-electron chi connectivity index (χ2n) is 7.72. The van der Waals surface area contributed by atoms with E-state index >= 15 is 0 Å². The number of carbonyl (C=O) groups is 1. The lowest BCUT2D eigenvalue weighted by Gasteiger charge is -2.31. The van der Waals surface area contributed by atoms with Crippen molar-refractivity contribution in [3.05, 3.63) is 58.1 Å². The third-order valence-corrected chi connectivity index (χ3v) is 6.08. The van der Waals surface area contributed by atoms with Crippen molar-refractivity contribution in [3.8, 4) is 0 Å². The summed E-state index contributed by atoms with van der Waals surface area (Å²) in [5.74, 6) is -0.443. The van der Waals surface area contributed by atoms with E-state index in [1.165, 1.54) is 23.9 Å². The molecule has 7 heteroatoms. The molecule has 1 aliphatic heterocycles. The topological polar surface area (TPSA) is 40.5 Å². The maximum atomic E-state index is 12.9. The molecule has 1 N–H and O–H groups in total. The predicted octanol–water partition coefficient (Wildman–Crippen LogP) is 5.97. The number of nitrogens with zero attached hydrogens (tertiary/aromatic N) is 1. The van der Waals surface area contributed by atoms with E-state index in [2.05, 4.69) is 18.7 Å². The number of hydrogen-bond acceptors (Lipinski definition) is 3. The molecule has 1 aromatic carbocycles. The molecular weight excluding hydrogens is 399 g/mol. The molecule has 1 atom stereocenters. The highest BCUT2D eigenvalue weighted by molar-refractivity contribution is 8.03. The Hall–Kier alpha value is -1.89. The molecule has 0 bridgehead atoms. The van der Waals surface area contributed by atoms with Crippen molar-refractivity contribution < 1.29 is 23.1 Å². The Balaban J connectivity index is 2.06. The third kappa shape index (κ3) is 7.14. The van der Waals surface area contributed by atoms with E-state index in [0.717, 1.165) is 24.1 Å². The van der Waals surface area contributed by atoms with Crippen molar-refractivity contribution in [2.75, 3.05) is 13.1 Å². The van der Waals surface area contributed by atoms with Crippen LogP contribution in [-0.2, 0) is 17.4 Å². The van der Waals surface area contributed by atoms with E-state index < -0.39 is 17.7 Å². The minimum Gasteiger partial charge on any atom is -0.478 e. The second kappa shape index (κ2) is 10.2. The summed E-state index contributed by atoms with van der Waals surface area (Å²) in [6.07, 6.45) is 1.29. The summed E-state index contributed by atoms with van der Waals surface area (Å²) in [6.45, 7) is 7.70. The fraction of sp³-hybridized carbons (Fsp3) is 0.500. The van der Waals surface area contributed by atoms with Crippen LogP contribution in [0.3, 0.4) is 0 Å². The van der Waals surface area contributed by atoms with Gasteiger partial charge < -0.3 is 10.0 Å². The number of hydrogen-bond donors (Lipinski definition) is 1. The molecule has 1 aliphatic rings. The molecule has 0 aliphatic carbocycles. The third-order valence-electron chi connectivity index (χ3n) is 4.74. The number of halogens is 3. The highest BCUT2D eigenvalue weighted by atomic mass is 32.2. The Labute approximate surface area is 174 Å². The number of aryl methyl sites for hydroxylation is 1. The molecule has 29 heavy (non-hydrogen) atoms. The van der Waals surface area contributed by atoms with Crippen molar-refractivity contribution in [1.82, 2.24) is 4.90 Å². The predicted molar refractivity (Wildman–Crippen MR) is 112 cm³/mol. The van der Waals surface area contributed by atoms with Gasteiger partial charge in [0.2, 0.25) is 0 Å². The molecule has 1 unspecified atom stereocenters. The SMILES string of the molecule is CC(C)CCN1CC=CC(C(=O)O)=C1SC(C)CCc1cccc(C(F)(F)F)c1. The number of alkyl halides is 3. The Morgan fingerprint density at radius 3 is 2.59 bits per heavy atom. The Morgan fingerprint density at radius 1 is 1.24 bits per heavy atom. The van der Waals surface area contributed by atoms with Gasteiger partial charge in [0.05, 0.1) is 16.2 Å². The molecule has 0 aromatic heterocycles. The largest absolute Gasteiger partial charge is 0.478 e. The Bertz CT molecular complexity index is 772. The summed E-state index contributed by atoms with van der Waals surface area (Å²) in [5.41, 5.74) is 0.291. The van der Waals surface area contributed by atoms with Crippen LogP contribution in [0.2, 0.25) is 0 Å². The molecule has 1 aromatic rings. The van der Waals surface area contributed by atoms with Gasteiger partial charge in [0.25, 0.3) is 0 Å². The number of rotatable bonds is 9. The number of aliphatic carboxylic acids is 1. The zero-order valence-corrected chi connectivity index (χ0v) is 17.8. The molecule has 0 saturated heterocycles. The van der Waals surface area contributed by atoms with Crippen LogP contribution in [0.25, 0.3) is 0 Å². The van der Waals surface area contributed by atoms with Gasteiger partial charge in [0.1, 0.15) is 0 Å². The minimum atomic E-state index is -4.34. The summed E-state index contributed by atoms with van der Waals surface area (Å²) in [4.78, 5) is 13.8. The lowest BCUT2D eigenvalue weighted by molar-refractivity contribution is -0.137. The van der Waals surface area contributed by atoms with Crippen LogP contribution in [0.15, 0.2) is 47.0 Å². The molecule has 0 spiro atoms. The summed E-state index contributed by atoms with van der Waals surface area (Å²) in [6, 6.07) is 5.40. The average molecular weight is 428 g/mol. The summed E-state index contributed by atoms with van der Waals surface area (Å²) < 4.78 is 38.7. The van der Waals surface area contributed by atoms with Crippen LogP contribution >= 0.6 is 11.8 Å². The fourth-order valence-corrected chi connectivity index (χ4v) is 4.27. The molecule has 1 heterocycles. The zero-order chi connectivity index (χ0) is 21.6. The lowest BCUT2D eigenvalue weighted by atomic mass is 10.1. The molecule has 3 nitrogen and oxygen atoms in total. The van der Waals surface area contributed by atoms with E-state index in [1.54, 1.807) is 12.1 Å². The molecule has 0 radical (unpaired) electrons. The van der Waals surface area contributed by atoms with E-state index in [-0.39, 0.29) is 10.8 Å². The number of carboxylic acid groups (broad SMARTS) is 1. The van der Waals surface area contributed by atoms with Crippen molar-refractivity contribution in [2.24, 2.45) is 5.92 Å². The molecule has 160 valence electrons. The first-order chi connectivity index (χ1) is 13.6. The zero-order valence-electron chi connectivity index (χ0n) is 17.0. The van der Waals surface area contributed by atoms with Gasteiger partial charge in [-0.15, -0.1) is 11.8 Å². The Kier molecular flexibility index (Phi) is 8.25. The standard InChI is InChI=1S/C22H28F3NO2S/c1-15(2)11-13-26-12-5-8-19(21(27)28)20(26)29-16(3)9-10-17-6-4-7-18(14-17)22(23,24)25/h4-8,14-16H,9-13H2,1-3H3,(H,27,28). The van der Waals surface area contributed by atoms with Crippen molar-refractivity contribution in [3.63, 3.8) is 0 Å². The van der Waals surface area contributed by atoms with Crippen molar-refractivity contribution in [2.45, 2.75) is 51.5 Å².